The minimum absolute atomic E-state index is 0.0476. The fourth-order valence-electron chi connectivity index (χ4n) is 3.86. The summed E-state index contributed by atoms with van der Waals surface area (Å²) in [7, 11) is 1.59. The van der Waals surface area contributed by atoms with Crippen LogP contribution in [0.15, 0.2) is 24.3 Å². The van der Waals surface area contributed by atoms with E-state index in [4.69, 9.17) is 9.47 Å². The molecule has 2 fully saturated rings. The molecule has 0 aliphatic carbocycles. The number of hydrogen-bond donors (Lipinski definition) is 1. The second kappa shape index (κ2) is 10.2. The fourth-order valence-corrected chi connectivity index (χ4v) is 3.86. The number of hydrogen-bond acceptors (Lipinski definition) is 6. The monoisotopic (exact) mass is 446 g/mol. The second-order valence-electron chi connectivity index (χ2n) is 9.20. The van der Waals surface area contributed by atoms with Gasteiger partial charge in [-0.05, 0) is 45.0 Å². The average Bonchev–Trinajstić information content (AvgIpc) is 3.14. The first-order chi connectivity index (χ1) is 15.2. The Hall–Kier alpha value is -2.81. The van der Waals surface area contributed by atoms with E-state index in [9.17, 15) is 14.4 Å². The molecule has 2 saturated heterocycles. The van der Waals surface area contributed by atoms with Gasteiger partial charge in [0, 0.05) is 57.9 Å². The molecule has 176 valence electrons. The molecule has 32 heavy (non-hydrogen) atoms. The number of benzene rings is 1. The molecule has 1 aromatic carbocycles. The standard InChI is InChI=1S/C23H34N4O5/c1-23(2,3)32-22(30)26-13-11-25(12-14-26)10-9-24-21(29)17-15-20(28)27(16-17)18-5-7-19(31-4)8-6-18/h5-8,17H,9-16H2,1-4H3,(H,24,29). The Balaban J connectivity index is 1.38. The molecule has 3 rings (SSSR count). The van der Waals surface area contributed by atoms with Crippen molar-refractivity contribution in [2.24, 2.45) is 5.92 Å². The molecule has 0 radical (unpaired) electrons. The number of piperazine rings is 1. The minimum atomic E-state index is -0.497. The summed E-state index contributed by atoms with van der Waals surface area (Å²) in [6.45, 7) is 9.87. The van der Waals surface area contributed by atoms with Gasteiger partial charge in [-0.3, -0.25) is 14.5 Å². The van der Waals surface area contributed by atoms with E-state index in [1.165, 1.54) is 0 Å². The molecule has 9 nitrogen and oxygen atoms in total. The SMILES string of the molecule is COc1ccc(N2CC(C(=O)NCCN3CCN(C(=O)OC(C)(C)C)CC3)CC2=O)cc1. The maximum atomic E-state index is 12.6. The van der Waals surface area contributed by atoms with Crippen molar-refractivity contribution in [2.45, 2.75) is 32.8 Å². The highest BCUT2D eigenvalue weighted by molar-refractivity contribution is 6.00. The molecule has 0 bridgehead atoms. The van der Waals surface area contributed by atoms with E-state index >= 15 is 0 Å². The largest absolute Gasteiger partial charge is 0.497 e. The quantitative estimate of drug-likeness (QED) is 0.716. The number of nitrogens with zero attached hydrogens (tertiary/aromatic N) is 3. The van der Waals surface area contributed by atoms with E-state index in [-0.39, 0.29) is 30.2 Å². The Morgan fingerprint density at radius 2 is 1.75 bits per heavy atom. The molecule has 9 heteroatoms. The third-order valence-electron chi connectivity index (χ3n) is 5.63. The Labute approximate surface area is 189 Å². The zero-order chi connectivity index (χ0) is 23.3. The van der Waals surface area contributed by atoms with E-state index in [0.29, 0.717) is 32.7 Å². The van der Waals surface area contributed by atoms with Gasteiger partial charge in [0.15, 0.2) is 0 Å². The lowest BCUT2D eigenvalue weighted by molar-refractivity contribution is -0.126. The average molecular weight is 447 g/mol. The van der Waals surface area contributed by atoms with Gasteiger partial charge in [-0.25, -0.2) is 4.79 Å². The zero-order valence-electron chi connectivity index (χ0n) is 19.4. The molecule has 1 unspecified atom stereocenters. The molecule has 1 N–H and O–H groups in total. The van der Waals surface area contributed by atoms with Gasteiger partial charge in [0.25, 0.3) is 0 Å². The summed E-state index contributed by atoms with van der Waals surface area (Å²) in [4.78, 5) is 42.7. The molecule has 1 aromatic rings. The summed E-state index contributed by atoms with van der Waals surface area (Å²) < 4.78 is 10.6. The Kier molecular flexibility index (Phi) is 7.60. The van der Waals surface area contributed by atoms with Crippen LogP contribution in [0.1, 0.15) is 27.2 Å². The van der Waals surface area contributed by atoms with Gasteiger partial charge < -0.3 is 24.6 Å². The highest BCUT2D eigenvalue weighted by Crippen LogP contribution is 2.26. The van der Waals surface area contributed by atoms with E-state index in [1.54, 1.807) is 29.0 Å². The first-order valence-electron chi connectivity index (χ1n) is 11.1. The van der Waals surface area contributed by atoms with Crippen LogP contribution < -0.4 is 15.0 Å². The van der Waals surface area contributed by atoms with Gasteiger partial charge in [-0.2, -0.15) is 0 Å². The van der Waals surface area contributed by atoms with Crippen LogP contribution in [0.4, 0.5) is 10.5 Å². The molecule has 1 atom stereocenters. The minimum Gasteiger partial charge on any atom is -0.497 e. The molecule has 0 saturated carbocycles. The topological polar surface area (TPSA) is 91.4 Å². The highest BCUT2D eigenvalue weighted by Gasteiger charge is 2.35. The smallest absolute Gasteiger partial charge is 0.410 e. The maximum absolute atomic E-state index is 12.6. The van der Waals surface area contributed by atoms with E-state index in [2.05, 4.69) is 10.2 Å². The van der Waals surface area contributed by atoms with Crippen LogP contribution in [0.25, 0.3) is 0 Å². The number of rotatable bonds is 6. The number of ether oxygens (including phenoxy) is 2. The number of carbonyl (C=O) groups is 3. The summed E-state index contributed by atoms with van der Waals surface area (Å²) in [6, 6.07) is 7.26. The number of amides is 3. The van der Waals surface area contributed by atoms with E-state index in [0.717, 1.165) is 24.5 Å². The van der Waals surface area contributed by atoms with Gasteiger partial charge in [0.2, 0.25) is 11.8 Å². The molecular formula is C23H34N4O5. The maximum Gasteiger partial charge on any atom is 0.410 e. The van der Waals surface area contributed by atoms with Crippen LogP contribution in [0.5, 0.6) is 5.75 Å². The highest BCUT2D eigenvalue weighted by atomic mass is 16.6. The molecule has 0 aromatic heterocycles. The summed E-state index contributed by atoms with van der Waals surface area (Å²) in [5.41, 5.74) is 0.275. The van der Waals surface area contributed by atoms with Crippen molar-refractivity contribution >= 4 is 23.6 Å². The van der Waals surface area contributed by atoms with Crippen molar-refractivity contribution in [2.75, 3.05) is 57.8 Å². The van der Waals surface area contributed by atoms with Crippen LogP contribution in [0, 0.1) is 5.92 Å². The van der Waals surface area contributed by atoms with Gasteiger partial charge in [0.1, 0.15) is 11.4 Å². The predicted octanol–water partition coefficient (Wildman–Crippen LogP) is 1.72. The molecule has 3 amide bonds. The fraction of sp³-hybridized carbons (Fsp3) is 0.609. The number of carbonyl (C=O) groups excluding carboxylic acids is 3. The number of anilines is 1. The van der Waals surface area contributed by atoms with Crippen LogP contribution in [0.2, 0.25) is 0 Å². The van der Waals surface area contributed by atoms with Gasteiger partial charge in [-0.1, -0.05) is 0 Å². The Morgan fingerprint density at radius 1 is 1.09 bits per heavy atom. The lowest BCUT2D eigenvalue weighted by atomic mass is 10.1. The van der Waals surface area contributed by atoms with Gasteiger partial charge in [0.05, 0.1) is 13.0 Å². The second-order valence-corrected chi connectivity index (χ2v) is 9.20. The summed E-state index contributed by atoms with van der Waals surface area (Å²) in [5.74, 6) is 0.227. The predicted molar refractivity (Wildman–Crippen MR) is 121 cm³/mol. The summed E-state index contributed by atoms with van der Waals surface area (Å²) >= 11 is 0. The third kappa shape index (κ3) is 6.35. The lowest BCUT2D eigenvalue weighted by Gasteiger charge is -2.35. The summed E-state index contributed by atoms with van der Waals surface area (Å²) in [6.07, 6.45) is -0.0651. The molecule has 2 aliphatic rings. The van der Waals surface area contributed by atoms with Crippen molar-refractivity contribution < 1.29 is 23.9 Å². The third-order valence-corrected chi connectivity index (χ3v) is 5.63. The Bertz CT molecular complexity index is 813. The van der Waals surface area contributed by atoms with Gasteiger partial charge >= 0.3 is 6.09 Å². The first-order valence-corrected chi connectivity index (χ1v) is 11.1. The van der Waals surface area contributed by atoms with E-state index in [1.807, 2.05) is 32.9 Å². The molecule has 2 heterocycles. The Morgan fingerprint density at radius 3 is 2.34 bits per heavy atom. The zero-order valence-corrected chi connectivity index (χ0v) is 19.4. The van der Waals surface area contributed by atoms with Gasteiger partial charge in [-0.15, -0.1) is 0 Å². The molecular weight excluding hydrogens is 412 g/mol. The van der Waals surface area contributed by atoms with Crippen molar-refractivity contribution in [1.29, 1.82) is 0 Å². The van der Waals surface area contributed by atoms with E-state index < -0.39 is 5.60 Å². The van der Waals surface area contributed by atoms with Crippen LogP contribution in [0.3, 0.4) is 0 Å². The van der Waals surface area contributed by atoms with Crippen LogP contribution in [-0.4, -0.2) is 86.2 Å². The summed E-state index contributed by atoms with van der Waals surface area (Å²) in [5, 5.41) is 2.96. The van der Waals surface area contributed by atoms with Crippen molar-refractivity contribution in [1.82, 2.24) is 15.1 Å². The number of nitrogens with one attached hydrogen (secondary N) is 1. The lowest BCUT2D eigenvalue weighted by Crippen LogP contribution is -2.51. The number of methoxy groups -OCH3 is 1. The normalized spacial score (nSPS) is 19.8. The molecule has 2 aliphatic heterocycles. The van der Waals surface area contributed by atoms with Crippen LogP contribution >= 0.6 is 0 Å². The van der Waals surface area contributed by atoms with Crippen molar-refractivity contribution in [3.63, 3.8) is 0 Å². The van der Waals surface area contributed by atoms with Crippen molar-refractivity contribution in [3.8, 4) is 5.75 Å². The van der Waals surface area contributed by atoms with Crippen molar-refractivity contribution in [3.05, 3.63) is 24.3 Å². The molecule has 0 spiro atoms. The first kappa shape index (κ1) is 23.8. The van der Waals surface area contributed by atoms with Crippen LogP contribution in [-0.2, 0) is 14.3 Å².